The van der Waals surface area contributed by atoms with E-state index in [2.05, 4.69) is 23.6 Å². The van der Waals surface area contributed by atoms with E-state index in [4.69, 9.17) is 0 Å². The number of hydrogen-bond donors (Lipinski definition) is 1. The van der Waals surface area contributed by atoms with Crippen LogP contribution in [-0.2, 0) is 4.79 Å². The number of carbonyl (C=O) groups excluding carboxylic acids is 1. The highest BCUT2D eigenvalue weighted by Crippen LogP contribution is 2.40. The molecule has 0 aromatic heterocycles. The molecule has 3 aliphatic heterocycles. The number of nitrogens with zero attached hydrogens (tertiary/aromatic N) is 2. The standard InChI is InChI=1S/C19H34N2O2/c1-3-8-19(23,9-4-2)11-18(22)21-13-15-12-20-10-6-5-7-17(20)16(15)14-21/h15-17,23H,3-14H2,1-2H3/t15-,16+,17-/m0/s1. The maximum absolute atomic E-state index is 12.8. The van der Waals surface area contributed by atoms with Gasteiger partial charge in [0.25, 0.3) is 0 Å². The number of carbonyl (C=O) groups is 1. The van der Waals surface area contributed by atoms with E-state index in [9.17, 15) is 9.90 Å². The number of piperidine rings is 1. The summed E-state index contributed by atoms with van der Waals surface area (Å²) in [5.41, 5.74) is -0.783. The molecule has 23 heavy (non-hydrogen) atoms. The summed E-state index contributed by atoms with van der Waals surface area (Å²) in [4.78, 5) is 17.5. The number of likely N-dealkylation sites (tertiary alicyclic amines) is 1. The highest BCUT2D eigenvalue weighted by Gasteiger charge is 2.48. The lowest BCUT2D eigenvalue weighted by Crippen LogP contribution is -2.43. The Hall–Kier alpha value is -0.610. The predicted octanol–water partition coefficient (Wildman–Crippen LogP) is 2.65. The second-order valence-electron chi connectivity index (χ2n) is 8.18. The average molecular weight is 322 g/mol. The van der Waals surface area contributed by atoms with Crippen LogP contribution in [0.4, 0.5) is 0 Å². The van der Waals surface area contributed by atoms with E-state index >= 15 is 0 Å². The van der Waals surface area contributed by atoms with Crippen molar-refractivity contribution in [1.82, 2.24) is 9.80 Å². The molecule has 3 atom stereocenters. The molecule has 0 aliphatic carbocycles. The van der Waals surface area contributed by atoms with E-state index in [0.29, 0.717) is 18.3 Å². The summed E-state index contributed by atoms with van der Waals surface area (Å²) in [6, 6.07) is 0.719. The average Bonchev–Trinajstić information content (AvgIpc) is 3.05. The first kappa shape index (κ1) is 17.2. The van der Waals surface area contributed by atoms with Gasteiger partial charge in [0.1, 0.15) is 0 Å². The molecule has 0 bridgehead atoms. The molecule has 4 heteroatoms. The number of amides is 1. The van der Waals surface area contributed by atoms with Crippen LogP contribution in [0.1, 0.15) is 65.2 Å². The SMILES string of the molecule is CCCC(O)(CCC)CC(=O)N1C[C@@H]2CN3CCCC[C@H]3[C@@H]2C1. The van der Waals surface area contributed by atoms with Crippen molar-refractivity contribution in [3.8, 4) is 0 Å². The Morgan fingerprint density at radius 3 is 2.57 bits per heavy atom. The maximum Gasteiger partial charge on any atom is 0.225 e. The molecule has 0 unspecified atom stereocenters. The molecule has 3 heterocycles. The summed E-state index contributed by atoms with van der Waals surface area (Å²) >= 11 is 0. The van der Waals surface area contributed by atoms with Gasteiger partial charge in [-0.05, 0) is 44.1 Å². The van der Waals surface area contributed by atoms with Crippen LogP contribution in [0, 0.1) is 11.8 Å². The van der Waals surface area contributed by atoms with Gasteiger partial charge in [0, 0.05) is 25.7 Å². The second-order valence-corrected chi connectivity index (χ2v) is 8.18. The Kier molecular flexibility index (Phi) is 5.32. The van der Waals surface area contributed by atoms with Crippen molar-refractivity contribution in [2.45, 2.75) is 76.9 Å². The Bertz CT molecular complexity index is 420. The van der Waals surface area contributed by atoms with E-state index in [1.165, 1.54) is 32.4 Å². The molecule has 4 nitrogen and oxygen atoms in total. The minimum Gasteiger partial charge on any atom is -0.389 e. The number of hydrogen-bond acceptors (Lipinski definition) is 3. The first-order valence-corrected chi connectivity index (χ1v) is 9.80. The smallest absolute Gasteiger partial charge is 0.225 e. The number of fused-ring (bicyclic) bond motifs is 3. The van der Waals surface area contributed by atoms with Crippen LogP contribution >= 0.6 is 0 Å². The van der Waals surface area contributed by atoms with E-state index in [1.54, 1.807) is 0 Å². The zero-order valence-corrected chi connectivity index (χ0v) is 15.0. The van der Waals surface area contributed by atoms with Crippen molar-refractivity contribution < 1.29 is 9.90 Å². The van der Waals surface area contributed by atoms with Gasteiger partial charge in [-0.2, -0.15) is 0 Å². The second kappa shape index (κ2) is 7.10. The van der Waals surface area contributed by atoms with Gasteiger partial charge in [0.2, 0.25) is 5.91 Å². The maximum atomic E-state index is 12.8. The van der Waals surface area contributed by atoms with E-state index in [0.717, 1.165) is 44.8 Å². The van der Waals surface area contributed by atoms with Crippen LogP contribution in [0.25, 0.3) is 0 Å². The molecule has 0 aromatic rings. The third-order valence-electron chi connectivity index (χ3n) is 6.38. The highest BCUT2D eigenvalue weighted by molar-refractivity contribution is 5.77. The van der Waals surface area contributed by atoms with Crippen molar-refractivity contribution in [2.75, 3.05) is 26.2 Å². The predicted molar refractivity (Wildman–Crippen MR) is 92.2 cm³/mol. The molecular weight excluding hydrogens is 288 g/mol. The fourth-order valence-electron chi connectivity index (χ4n) is 5.38. The fraction of sp³-hybridized carbons (Fsp3) is 0.947. The van der Waals surface area contributed by atoms with Gasteiger partial charge in [-0.1, -0.05) is 33.1 Å². The lowest BCUT2D eigenvalue weighted by molar-refractivity contribution is -0.136. The lowest BCUT2D eigenvalue weighted by Gasteiger charge is -2.34. The van der Waals surface area contributed by atoms with Gasteiger partial charge < -0.3 is 10.0 Å². The third kappa shape index (κ3) is 3.58. The first-order valence-electron chi connectivity index (χ1n) is 9.80. The molecule has 0 saturated carbocycles. The van der Waals surface area contributed by atoms with Crippen LogP contribution in [-0.4, -0.2) is 58.6 Å². The molecule has 132 valence electrons. The van der Waals surface area contributed by atoms with Crippen LogP contribution in [0.2, 0.25) is 0 Å². The van der Waals surface area contributed by atoms with E-state index < -0.39 is 5.60 Å². The molecular formula is C19H34N2O2. The summed E-state index contributed by atoms with van der Waals surface area (Å²) in [5.74, 6) is 1.54. The summed E-state index contributed by atoms with van der Waals surface area (Å²) in [5, 5.41) is 10.8. The minimum absolute atomic E-state index is 0.186. The number of rotatable bonds is 6. The van der Waals surface area contributed by atoms with E-state index in [1.807, 2.05) is 0 Å². The van der Waals surface area contributed by atoms with Gasteiger partial charge in [0.15, 0.2) is 0 Å². The Balaban J connectivity index is 1.58. The molecule has 3 aliphatic rings. The molecule has 0 aromatic carbocycles. The highest BCUT2D eigenvalue weighted by atomic mass is 16.3. The summed E-state index contributed by atoms with van der Waals surface area (Å²) < 4.78 is 0. The Morgan fingerprint density at radius 2 is 1.87 bits per heavy atom. The molecule has 3 rings (SSSR count). The summed E-state index contributed by atoms with van der Waals surface area (Å²) in [6.45, 7) is 8.47. The monoisotopic (exact) mass is 322 g/mol. The minimum atomic E-state index is -0.783. The normalized spacial score (nSPS) is 31.3. The van der Waals surface area contributed by atoms with E-state index in [-0.39, 0.29) is 5.91 Å². The van der Waals surface area contributed by atoms with Crippen LogP contribution in [0.3, 0.4) is 0 Å². The van der Waals surface area contributed by atoms with Crippen molar-refractivity contribution in [2.24, 2.45) is 11.8 Å². The molecule has 3 saturated heterocycles. The van der Waals surface area contributed by atoms with Gasteiger partial charge in [-0.25, -0.2) is 0 Å². The van der Waals surface area contributed by atoms with Crippen molar-refractivity contribution in [3.63, 3.8) is 0 Å². The zero-order chi connectivity index (χ0) is 16.4. The lowest BCUT2D eigenvalue weighted by atomic mass is 9.88. The van der Waals surface area contributed by atoms with Crippen LogP contribution < -0.4 is 0 Å². The van der Waals surface area contributed by atoms with Crippen LogP contribution in [0.5, 0.6) is 0 Å². The molecule has 0 radical (unpaired) electrons. The topological polar surface area (TPSA) is 43.8 Å². The first-order chi connectivity index (χ1) is 11.1. The Morgan fingerprint density at radius 1 is 1.13 bits per heavy atom. The van der Waals surface area contributed by atoms with Crippen molar-refractivity contribution in [3.05, 3.63) is 0 Å². The zero-order valence-electron chi connectivity index (χ0n) is 15.0. The van der Waals surface area contributed by atoms with Gasteiger partial charge in [-0.15, -0.1) is 0 Å². The third-order valence-corrected chi connectivity index (χ3v) is 6.38. The van der Waals surface area contributed by atoms with Crippen molar-refractivity contribution in [1.29, 1.82) is 0 Å². The number of aliphatic hydroxyl groups is 1. The largest absolute Gasteiger partial charge is 0.389 e. The van der Waals surface area contributed by atoms with Crippen LogP contribution in [0.15, 0.2) is 0 Å². The quantitative estimate of drug-likeness (QED) is 0.817. The van der Waals surface area contributed by atoms with Crippen molar-refractivity contribution >= 4 is 5.91 Å². The van der Waals surface area contributed by atoms with Gasteiger partial charge >= 0.3 is 0 Å². The van der Waals surface area contributed by atoms with Gasteiger partial charge in [0.05, 0.1) is 12.0 Å². The fourth-order valence-corrected chi connectivity index (χ4v) is 5.38. The molecule has 1 N–H and O–H groups in total. The molecule has 0 spiro atoms. The Labute approximate surface area is 141 Å². The molecule has 1 amide bonds. The summed E-state index contributed by atoms with van der Waals surface area (Å²) in [6.07, 6.45) is 7.69. The van der Waals surface area contributed by atoms with Gasteiger partial charge in [-0.3, -0.25) is 9.69 Å². The summed E-state index contributed by atoms with van der Waals surface area (Å²) in [7, 11) is 0. The molecule has 3 fully saturated rings.